The van der Waals surface area contributed by atoms with Crippen molar-refractivity contribution in [3.63, 3.8) is 0 Å². The van der Waals surface area contributed by atoms with Crippen LogP contribution in [0.2, 0.25) is 0 Å². The van der Waals surface area contributed by atoms with E-state index < -0.39 is 0 Å². The van der Waals surface area contributed by atoms with Crippen LogP contribution < -0.4 is 5.32 Å². The van der Waals surface area contributed by atoms with Gasteiger partial charge in [0, 0.05) is 17.8 Å². The van der Waals surface area contributed by atoms with Crippen LogP contribution in [-0.4, -0.2) is 28.2 Å². The lowest BCUT2D eigenvalue weighted by Gasteiger charge is -2.12. The van der Waals surface area contributed by atoms with Gasteiger partial charge in [0.25, 0.3) is 0 Å². The lowest BCUT2D eigenvalue weighted by atomic mass is 10.00. The van der Waals surface area contributed by atoms with E-state index >= 15 is 0 Å². The molecule has 1 fully saturated rings. The Bertz CT molecular complexity index is 567. The van der Waals surface area contributed by atoms with Gasteiger partial charge in [0.15, 0.2) is 4.73 Å². The highest BCUT2D eigenvalue weighted by Crippen LogP contribution is 2.31. The molecular weight excluding hydrogens is 282 g/mol. The fourth-order valence-corrected chi connectivity index (χ4v) is 2.70. The predicted molar refractivity (Wildman–Crippen MR) is 69.1 cm³/mol. The first-order chi connectivity index (χ1) is 8.25. The van der Waals surface area contributed by atoms with E-state index in [2.05, 4.69) is 31.2 Å². The van der Waals surface area contributed by atoms with Gasteiger partial charge in [-0.3, -0.25) is 0 Å². The molecule has 2 heterocycles. The number of rotatable bonds is 1. The van der Waals surface area contributed by atoms with Crippen LogP contribution in [0.4, 0.5) is 0 Å². The second-order valence-corrected chi connectivity index (χ2v) is 4.95. The normalized spacial score (nSPS) is 19.9. The van der Waals surface area contributed by atoms with Crippen LogP contribution in [0.1, 0.15) is 18.0 Å². The largest absolute Gasteiger partial charge is 0.506 e. The van der Waals surface area contributed by atoms with Gasteiger partial charge in [-0.1, -0.05) is 12.1 Å². The Morgan fingerprint density at radius 2 is 2.24 bits per heavy atom. The summed E-state index contributed by atoms with van der Waals surface area (Å²) in [5.41, 5.74) is 1.64. The molecule has 0 amide bonds. The molecule has 3 rings (SSSR count). The lowest BCUT2D eigenvalue weighted by molar-refractivity contribution is 0.480. The lowest BCUT2D eigenvalue weighted by Crippen LogP contribution is -2.09. The monoisotopic (exact) mass is 293 g/mol. The van der Waals surface area contributed by atoms with Crippen molar-refractivity contribution < 1.29 is 5.11 Å². The van der Waals surface area contributed by atoms with Gasteiger partial charge in [0.1, 0.15) is 11.3 Å². The van der Waals surface area contributed by atoms with Crippen molar-refractivity contribution >= 4 is 26.8 Å². The molecule has 17 heavy (non-hydrogen) atoms. The molecule has 5 heteroatoms. The molecule has 0 aliphatic carbocycles. The topological polar surface area (TPSA) is 58.0 Å². The Hall–Kier alpha value is -1.20. The van der Waals surface area contributed by atoms with E-state index in [1.807, 2.05) is 12.1 Å². The zero-order valence-electron chi connectivity index (χ0n) is 9.15. The van der Waals surface area contributed by atoms with Gasteiger partial charge in [-0.15, -0.1) is 0 Å². The Morgan fingerprint density at radius 1 is 1.35 bits per heavy atom. The van der Waals surface area contributed by atoms with Gasteiger partial charge in [0.05, 0.1) is 5.69 Å². The van der Waals surface area contributed by atoms with Crippen LogP contribution >= 0.6 is 15.9 Å². The maximum Gasteiger partial charge on any atom is 0.197 e. The average Bonchev–Trinajstić information content (AvgIpc) is 2.83. The number of hydrogen-bond acceptors (Lipinski definition) is 4. The minimum Gasteiger partial charge on any atom is -0.506 e. The van der Waals surface area contributed by atoms with Crippen molar-refractivity contribution in [2.45, 2.75) is 12.3 Å². The first kappa shape index (κ1) is 10.9. The number of fused-ring (bicyclic) bond motifs is 1. The number of halogens is 1. The number of phenolic OH excluding ortho intramolecular Hbond substituents is 1. The predicted octanol–water partition coefficient (Wildman–Crippen LogP) is 2.17. The maximum absolute atomic E-state index is 9.84. The van der Waals surface area contributed by atoms with Crippen molar-refractivity contribution in [2.75, 3.05) is 13.1 Å². The van der Waals surface area contributed by atoms with Crippen molar-refractivity contribution in [3.8, 4) is 5.75 Å². The van der Waals surface area contributed by atoms with E-state index in [0.29, 0.717) is 16.2 Å². The van der Waals surface area contributed by atoms with Crippen LogP contribution in [0.15, 0.2) is 22.9 Å². The fourth-order valence-electron chi connectivity index (χ4n) is 2.33. The van der Waals surface area contributed by atoms with Crippen LogP contribution in [0.25, 0.3) is 10.9 Å². The number of phenols is 1. The van der Waals surface area contributed by atoms with Crippen LogP contribution in [0.3, 0.4) is 0 Å². The molecule has 1 aromatic heterocycles. The van der Waals surface area contributed by atoms with E-state index in [9.17, 15) is 5.11 Å². The first-order valence-corrected chi connectivity index (χ1v) is 6.41. The van der Waals surface area contributed by atoms with E-state index in [-0.39, 0.29) is 5.75 Å². The van der Waals surface area contributed by atoms with Gasteiger partial charge in [-0.05, 0) is 35.0 Å². The molecule has 2 N–H and O–H groups in total. The summed E-state index contributed by atoms with van der Waals surface area (Å²) in [7, 11) is 0. The third kappa shape index (κ3) is 1.89. The van der Waals surface area contributed by atoms with Gasteiger partial charge in [0.2, 0.25) is 0 Å². The number of aromatic hydroxyl groups is 1. The quantitative estimate of drug-likeness (QED) is 0.791. The molecule has 0 radical (unpaired) electrons. The maximum atomic E-state index is 9.84. The summed E-state index contributed by atoms with van der Waals surface area (Å²) in [6, 6.07) is 5.45. The number of aromatic nitrogens is 2. The third-order valence-electron chi connectivity index (χ3n) is 3.15. The summed E-state index contributed by atoms with van der Waals surface area (Å²) < 4.78 is 0.536. The third-order valence-corrected chi connectivity index (χ3v) is 3.51. The minimum absolute atomic E-state index is 0.206. The number of nitrogens with one attached hydrogen (secondary N) is 1. The summed E-state index contributed by atoms with van der Waals surface area (Å²) in [5, 5.41) is 14.1. The zero-order valence-corrected chi connectivity index (χ0v) is 10.7. The molecule has 88 valence electrons. The van der Waals surface area contributed by atoms with Crippen molar-refractivity contribution in [1.29, 1.82) is 0 Å². The highest BCUT2D eigenvalue weighted by Gasteiger charge is 2.21. The first-order valence-electron chi connectivity index (χ1n) is 5.61. The van der Waals surface area contributed by atoms with Crippen molar-refractivity contribution in [3.05, 3.63) is 28.6 Å². The zero-order chi connectivity index (χ0) is 11.8. The molecule has 1 atom stereocenters. The Kier molecular flexibility index (Phi) is 2.72. The highest BCUT2D eigenvalue weighted by atomic mass is 79.9. The number of hydrogen-bond donors (Lipinski definition) is 2. The average molecular weight is 294 g/mol. The molecule has 1 aliphatic heterocycles. The Morgan fingerprint density at radius 3 is 3.00 bits per heavy atom. The molecule has 4 nitrogen and oxygen atoms in total. The Balaban J connectivity index is 2.25. The number of nitrogens with zero attached hydrogens (tertiary/aromatic N) is 2. The van der Waals surface area contributed by atoms with Gasteiger partial charge >= 0.3 is 0 Å². The molecule has 0 bridgehead atoms. The van der Waals surface area contributed by atoms with E-state index in [1.165, 1.54) is 0 Å². The minimum atomic E-state index is 0.206. The van der Waals surface area contributed by atoms with Crippen molar-refractivity contribution in [1.82, 2.24) is 15.3 Å². The summed E-state index contributed by atoms with van der Waals surface area (Å²) >= 11 is 3.31. The molecule has 2 aromatic rings. The van der Waals surface area contributed by atoms with Crippen LogP contribution in [0, 0.1) is 0 Å². The summed E-state index contributed by atoms with van der Waals surface area (Å²) in [5.74, 6) is 0.608. The number of benzene rings is 1. The molecule has 1 saturated heterocycles. The van der Waals surface area contributed by atoms with Gasteiger partial charge < -0.3 is 10.4 Å². The molecule has 1 aromatic carbocycles. The second-order valence-electron chi connectivity index (χ2n) is 4.24. The molecule has 1 aliphatic rings. The van der Waals surface area contributed by atoms with E-state index in [1.54, 1.807) is 6.07 Å². The summed E-state index contributed by atoms with van der Waals surface area (Å²) in [6.45, 7) is 1.96. The second kappa shape index (κ2) is 4.23. The summed E-state index contributed by atoms with van der Waals surface area (Å²) in [6.07, 6.45) is 1.08. The standard InChI is InChI=1S/C12H12BrN3O/c13-12-15-10(7-4-5-14-6-7)8-2-1-3-9(17)11(8)16-12/h1-3,7,14,17H,4-6H2. The van der Waals surface area contributed by atoms with Crippen LogP contribution in [-0.2, 0) is 0 Å². The summed E-state index contributed by atoms with van der Waals surface area (Å²) in [4.78, 5) is 8.72. The van der Waals surface area contributed by atoms with Gasteiger partial charge in [-0.2, -0.15) is 0 Å². The van der Waals surface area contributed by atoms with E-state index in [4.69, 9.17) is 0 Å². The smallest absolute Gasteiger partial charge is 0.197 e. The fraction of sp³-hybridized carbons (Fsp3) is 0.333. The van der Waals surface area contributed by atoms with Gasteiger partial charge in [-0.25, -0.2) is 9.97 Å². The Labute approximate surface area is 107 Å². The molecule has 0 saturated carbocycles. The molecule has 1 unspecified atom stereocenters. The van der Waals surface area contributed by atoms with E-state index in [0.717, 1.165) is 30.6 Å². The molecule has 0 spiro atoms. The molecular formula is C12H12BrN3O. The van der Waals surface area contributed by atoms with Crippen LogP contribution in [0.5, 0.6) is 5.75 Å². The number of para-hydroxylation sites is 1. The van der Waals surface area contributed by atoms with Crippen molar-refractivity contribution in [2.24, 2.45) is 0 Å². The SMILES string of the molecule is Oc1cccc2c(C3CCNC3)nc(Br)nc12. The highest BCUT2D eigenvalue weighted by molar-refractivity contribution is 9.10.